The topological polar surface area (TPSA) is 105 Å². The lowest BCUT2D eigenvalue weighted by molar-refractivity contribution is -0.140. The van der Waals surface area contributed by atoms with Crippen LogP contribution in [0.5, 0.6) is 11.5 Å². The Morgan fingerprint density at radius 1 is 0.930 bits per heavy atom. The smallest absolute Gasteiger partial charge is 0.244 e. The van der Waals surface area contributed by atoms with E-state index in [1.165, 1.54) is 11.8 Å². The van der Waals surface area contributed by atoms with E-state index in [4.69, 9.17) is 9.47 Å². The Labute approximate surface area is 262 Å². The highest BCUT2D eigenvalue weighted by molar-refractivity contribution is 9.10. The number of carbonyl (C=O) groups is 2. The first-order valence-electron chi connectivity index (χ1n) is 14.5. The molecule has 1 N–H and O–H groups in total. The van der Waals surface area contributed by atoms with Crippen LogP contribution in [0, 0.1) is 0 Å². The highest BCUT2D eigenvalue weighted by Crippen LogP contribution is 2.35. The third-order valence-electron chi connectivity index (χ3n) is 7.14. The van der Waals surface area contributed by atoms with Crippen LogP contribution in [0.2, 0.25) is 0 Å². The molecular formula is C32H38BrN3O6S. The molecule has 1 heterocycles. The Kier molecular flexibility index (Phi) is 11.5. The quantitative estimate of drug-likeness (QED) is 0.244. The van der Waals surface area contributed by atoms with E-state index in [0.717, 1.165) is 32.7 Å². The standard InChI is InChI=1S/C32H38BrN3O6S/c1-3-5-16-34-32(38)28(20-24-10-7-6-8-11-24)35(22-25-12-9-13-26(33)19-25)31(37)23-36(43(39,40)4-2)27-14-15-29-30(21-27)42-18-17-41-29/h6-15,19,21,28H,3-5,16-18,20,22-23H2,1-2H3,(H,34,38). The summed E-state index contributed by atoms with van der Waals surface area (Å²) in [4.78, 5) is 29.5. The fraction of sp³-hybridized carbons (Fsp3) is 0.375. The molecule has 1 atom stereocenters. The summed E-state index contributed by atoms with van der Waals surface area (Å²) in [5.41, 5.74) is 1.97. The minimum atomic E-state index is -3.89. The number of carbonyl (C=O) groups excluding carboxylic acids is 2. The van der Waals surface area contributed by atoms with Crippen molar-refractivity contribution in [3.05, 3.63) is 88.4 Å². The Balaban J connectivity index is 1.73. The van der Waals surface area contributed by atoms with Crippen LogP contribution in [-0.2, 0) is 32.6 Å². The molecule has 1 aliphatic heterocycles. The number of hydrogen-bond donors (Lipinski definition) is 1. The maximum absolute atomic E-state index is 14.3. The predicted molar refractivity (Wildman–Crippen MR) is 171 cm³/mol. The van der Waals surface area contributed by atoms with Crippen LogP contribution in [0.15, 0.2) is 77.3 Å². The Morgan fingerprint density at radius 2 is 1.65 bits per heavy atom. The summed E-state index contributed by atoms with van der Waals surface area (Å²) in [6.07, 6.45) is 1.97. The average Bonchev–Trinajstić information content (AvgIpc) is 3.01. The maximum Gasteiger partial charge on any atom is 0.244 e. The van der Waals surface area contributed by atoms with E-state index in [1.54, 1.807) is 18.2 Å². The second-order valence-corrected chi connectivity index (χ2v) is 13.3. The van der Waals surface area contributed by atoms with Crippen molar-refractivity contribution in [3.63, 3.8) is 0 Å². The second kappa shape index (κ2) is 15.2. The number of sulfonamides is 1. The van der Waals surface area contributed by atoms with Gasteiger partial charge in [0.1, 0.15) is 25.8 Å². The first kappa shape index (κ1) is 32.3. The van der Waals surface area contributed by atoms with Crippen molar-refractivity contribution < 1.29 is 27.5 Å². The third kappa shape index (κ3) is 8.73. The number of ether oxygens (including phenoxy) is 2. The SMILES string of the molecule is CCCCNC(=O)C(Cc1ccccc1)N(Cc1cccc(Br)c1)C(=O)CN(c1ccc2c(c1)OCCO2)S(=O)(=O)CC. The third-order valence-corrected chi connectivity index (χ3v) is 9.37. The van der Waals surface area contributed by atoms with Crippen molar-refractivity contribution in [1.29, 1.82) is 0 Å². The number of fused-ring (bicyclic) bond motifs is 1. The van der Waals surface area contributed by atoms with E-state index in [-0.39, 0.29) is 30.3 Å². The van der Waals surface area contributed by atoms with Crippen molar-refractivity contribution in [2.75, 3.05) is 36.4 Å². The molecule has 0 spiro atoms. The van der Waals surface area contributed by atoms with E-state index >= 15 is 0 Å². The van der Waals surface area contributed by atoms with Crippen molar-refractivity contribution in [2.24, 2.45) is 0 Å². The Hall–Kier alpha value is -3.57. The van der Waals surface area contributed by atoms with Crippen LogP contribution in [0.25, 0.3) is 0 Å². The van der Waals surface area contributed by atoms with E-state index in [2.05, 4.69) is 21.2 Å². The van der Waals surface area contributed by atoms with Crippen LogP contribution in [0.3, 0.4) is 0 Å². The molecule has 9 nitrogen and oxygen atoms in total. The van der Waals surface area contributed by atoms with E-state index in [1.807, 2.05) is 61.5 Å². The highest BCUT2D eigenvalue weighted by Gasteiger charge is 2.34. The number of anilines is 1. The minimum absolute atomic E-state index is 0.109. The summed E-state index contributed by atoms with van der Waals surface area (Å²) in [6.45, 7) is 4.41. The monoisotopic (exact) mass is 671 g/mol. The van der Waals surface area contributed by atoms with E-state index in [9.17, 15) is 18.0 Å². The van der Waals surface area contributed by atoms with E-state index in [0.29, 0.717) is 31.3 Å². The molecule has 0 aromatic heterocycles. The molecule has 1 aliphatic rings. The summed E-state index contributed by atoms with van der Waals surface area (Å²) in [5, 5.41) is 2.99. The minimum Gasteiger partial charge on any atom is -0.486 e. The van der Waals surface area contributed by atoms with Crippen molar-refractivity contribution in [2.45, 2.75) is 45.7 Å². The lowest BCUT2D eigenvalue weighted by atomic mass is 10.0. The maximum atomic E-state index is 14.3. The Morgan fingerprint density at radius 3 is 2.35 bits per heavy atom. The lowest BCUT2D eigenvalue weighted by Gasteiger charge is -2.34. The largest absolute Gasteiger partial charge is 0.486 e. The molecule has 3 aromatic rings. The van der Waals surface area contributed by atoms with Crippen LogP contribution < -0.4 is 19.1 Å². The summed E-state index contributed by atoms with van der Waals surface area (Å²) < 4.78 is 40.0. The number of hydrogen-bond acceptors (Lipinski definition) is 6. The van der Waals surface area contributed by atoms with Gasteiger partial charge in [-0.2, -0.15) is 0 Å². The normalized spacial score (nSPS) is 13.2. The van der Waals surface area contributed by atoms with E-state index < -0.39 is 28.5 Å². The van der Waals surface area contributed by atoms with Gasteiger partial charge < -0.3 is 19.7 Å². The van der Waals surface area contributed by atoms with Gasteiger partial charge in [0.25, 0.3) is 0 Å². The van der Waals surface area contributed by atoms with Gasteiger partial charge in [-0.1, -0.05) is 71.7 Å². The van der Waals surface area contributed by atoms with Crippen molar-refractivity contribution in [1.82, 2.24) is 10.2 Å². The highest BCUT2D eigenvalue weighted by atomic mass is 79.9. The molecule has 43 heavy (non-hydrogen) atoms. The lowest BCUT2D eigenvalue weighted by Crippen LogP contribution is -2.53. The number of benzene rings is 3. The van der Waals surface area contributed by atoms with Crippen LogP contribution in [-0.4, -0.2) is 63.2 Å². The zero-order valence-corrected chi connectivity index (χ0v) is 26.9. The summed E-state index contributed by atoms with van der Waals surface area (Å²) >= 11 is 3.49. The molecule has 2 amide bonds. The van der Waals surface area contributed by atoms with Gasteiger partial charge in [-0.25, -0.2) is 8.42 Å². The molecule has 0 aliphatic carbocycles. The summed E-state index contributed by atoms with van der Waals surface area (Å²) in [6, 6.07) is 20.9. The molecule has 1 unspecified atom stereocenters. The van der Waals surface area contributed by atoms with Gasteiger partial charge in [-0.15, -0.1) is 0 Å². The molecule has 3 aromatic carbocycles. The summed E-state index contributed by atoms with van der Waals surface area (Å²) in [5.74, 6) is -0.0806. The van der Waals surface area contributed by atoms with Crippen molar-refractivity contribution in [3.8, 4) is 11.5 Å². The molecule has 0 saturated carbocycles. The molecule has 4 rings (SSSR count). The van der Waals surface area contributed by atoms with Crippen LogP contribution >= 0.6 is 15.9 Å². The molecule has 0 radical (unpaired) electrons. The molecule has 0 fully saturated rings. The Bertz CT molecular complexity index is 1500. The molecule has 0 bridgehead atoms. The molecule has 11 heteroatoms. The number of halogens is 1. The average molecular weight is 673 g/mol. The zero-order valence-electron chi connectivity index (χ0n) is 24.5. The van der Waals surface area contributed by atoms with Crippen molar-refractivity contribution >= 4 is 43.5 Å². The van der Waals surface area contributed by atoms with Gasteiger partial charge in [-0.3, -0.25) is 13.9 Å². The molecule has 230 valence electrons. The zero-order chi connectivity index (χ0) is 30.8. The van der Waals surface area contributed by atoms with Gasteiger partial charge in [0.2, 0.25) is 21.8 Å². The van der Waals surface area contributed by atoms with Crippen LogP contribution in [0.1, 0.15) is 37.8 Å². The van der Waals surface area contributed by atoms with Gasteiger partial charge >= 0.3 is 0 Å². The molecule has 0 saturated heterocycles. The van der Waals surface area contributed by atoms with Gasteiger partial charge in [0.15, 0.2) is 11.5 Å². The fourth-order valence-corrected chi connectivity index (χ4v) is 6.30. The number of nitrogens with zero attached hydrogens (tertiary/aromatic N) is 2. The first-order valence-corrected chi connectivity index (χ1v) is 16.9. The van der Waals surface area contributed by atoms with Gasteiger partial charge in [-0.05, 0) is 48.7 Å². The molecular weight excluding hydrogens is 634 g/mol. The number of rotatable bonds is 14. The second-order valence-electron chi connectivity index (χ2n) is 10.2. The number of nitrogens with one attached hydrogen (secondary N) is 1. The first-order chi connectivity index (χ1) is 20.7. The fourth-order valence-electron chi connectivity index (χ4n) is 4.80. The number of unbranched alkanes of at least 4 members (excludes halogenated alkanes) is 1. The van der Waals surface area contributed by atoms with Crippen LogP contribution in [0.4, 0.5) is 5.69 Å². The summed E-state index contributed by atoms with van der Waals surface area (Å²) in [7, 11) is -3.89. The van der Waals surface area contributed by atoms with Gasteiger partial charge in [0, 0.05) is 30.0 Å². The number of amides is 2. The van der Waals surface area contributed by atoms with Gasteiger partial charge in [0.05, 0.1) is 11.4 Å². The predicted octanol–water partition coefficient (Wildman–Crippen LogP) is 4.93.